The van der Waals surface area contributed by atoms with E-state index in [1.54, 1.807) is 42.7 Å². The average Bonchev–Trinajstić information content (AvgIpc) is 3.54. The van der Waals surface area contributed by atoms with Gasteiger partial charge in [0.1, 0.15) is 17.2 Å². The minimum Gasteiger partial charge on any atom is -0.497 e. The number of methoxy groups -OCH3 is 2. The van der Waals surface area contributed by atoms with Crippen molar-refractivity contribution in [3.05, 3.63) is 77.9 Å². The summed E-state index contributed by atoms with van der Waals surface area (Å²) in [4.78, 5) is 7.99. The molecular formula is C31H29F6N7O3. The van der Waals surface area contributed by atoms with Gasteiger partial charge in [0.05, 0.1) is 36.7 Å². The summed E-state index contributed by atoms with van der Waals surface area (Å²) in [7, 11) is 2.53. The number of hydrogen-bond donors (Lipinski definition) is 3. The molecule has 0 spiro atoms. The Morgan fingerprint density at radius 3 is 1.70 bits per heavy atom. The number of nitrogens with one attached hydrogen (secondary N) is 3. The van der Waals surface area contributed by atoms with E-state index in [1.165, 1.54) is 26.4 Å². The lowest BCUT2D eigenvalue weighted by atomic mass is 10.2. The zero-order chi connectivity index (χ0) is 34.5. The molecule has 1 fully saturated rings. The van der Waals surface area contributed by atoms with Gasteiger partial charge in [0.15, 0.2) is 12.4 Å². The number of alkyl halides is 6. The topological polar surface area (TPSA) is 136 Å². The largest absolute Gasteiger partial charge is 0.497 e. The molecule has 47 heavy (non-hydrogen) atoms. The molecule has 1 saturated carbocycles. The number of hydrogen-bond acceptors (Lipinski definition) is 7. The van der Waals surface area contributed by atoms with E-state index in [2.05, 4.69) is 25.9 Å². The summed E-state index contributed by atoms with van der Waals surface area (Å²) in [6, 6.07) is 14.5. The first-order chi connectivity index (χ1) is 22.3. The molecule has 0 saturated heterocycles. The Balaban J connectivity index is 0.000000256. The maximum Gasteiger partial charge on any atom is 0.416 e. The third-order valence-corrected chi connectivity index (χ3v) is 6.37. The highest BCUT2D eigenvalue weighted by Crippen LogP contribution is 2.36. The van der Waals surface area contributed by atoms with Crippen molar-refractivity contribution >= 4 is 23.4 Å². The molecule has 3 aromatic carbocycles. The number of nitrogens with zero attached hydrogens (tertiary/aromatic N) is 4. The highest BCUT2D eigenvalue weighted by atomic mass is 19.4. The second kappa shape index (κ2) is 16.6. The molecule has 248 valence electrons. The molecule has 0 aliphatic heterocycles. The Bertz CT molecular complexity index is 1630. The summed E-state index contributed by atoms with van der Waals surface area (Å²) < 4.78 is 92.6. The van der Waals surface area contributed by atoms with Crippen LogP contribution in [0.25, 0.3) is 0 Å². The number of guanidine groups is 1. The van der Waals surface area contributed by atoms with Gasteiger partial charge in [-0.2, -0.15) is 41.9 Å². The number of halogens is 6. The van der Waals surface area contributed by atoms with Gasteiger partial charge in [0, 0.05) is 18.2 Å². The van der Waals surface area contributed by atoms with E-state index in [4.69, 9.17) is 24.7 Å². The van der Waals surface area contributed by atoms with Crippen molar-refractivity contribution in [1.29, 1.82) is 10.5 Å². The predicted octanol–water partition coefficient (Wildman–Crippen LogP) is 7.16. The summed E-state index contributed by atoms with van der Waals surface area (Å²) >= 11 is 0. The number of ether oxygens (including phenoxy) is 3. The van der Waals surface area contributed by atoms with Crippen LogP contribution in [0.1, 0.15) is 36.8 Å². The molecule has 16 heteroatoms. The number of benzene rings is 3. The minimum absolute atomic E-state index is 0.0143. The number of nitriles is 2. The van der Waals surface area contributed by atoms with Gasteiger partial charge >= 0.3 is 18.4 Å². The van der Waals surface area contributed by atoms with Gasteiger partial charge < -0.3 is 19.5 Å². The minimum atomic E-state index is -4.55. The SMILES string of the molecule is COc1cc(/N=C(/NC#N)Oc2ccccc2)cc(C(F)(F)F)c1.COc1cc(/N=C(\NC#N)NC2CCCC2)cc(C(F)(F)F)c1. The van der Waals surface area contributed by atoms with Crippen LogP contribution >= 0.6 is 0 Å². The molecule has 0 heterocycles. The van der Waals surface area contributed by atoms with Gasteiger partial charge in [-0.3, -0.25) is 5.32 Å². The van der Waals surface area contributed by atoms with Crippen molar-refractivity contribution in [2.24, 2.45) is 9.98 Å². The predicted molar refractivity (Wildman–Crippen MR) is 160 cm³/mol. The van der Waals surface area contributed by atoms with Crippen molar-refractivity contribution in [2.45, 2.75) is 44.1 Å². The third kappa shape index (κ3) is 11.7. The Kier molecular flexibility index (Phi) is 12.7. The molecule has 0 aromatic heterocycles. The molecule has 3 N–H and O–H groups in total. The van der Waals surface area contributed by atoms with Crippen molar-refractivity contribution in [2.75, 3.05) is 14.2 Å². The lowest BCUT2D eigenvalue weighted by Gasteiger charge is -2.15. The van der Waals surface area contributed by atoms with Gasteiger partial charge in [0.2, 0.25) is 5.96 Å². The number of aliphatic imine (C=N–C) groups is 2. The molecule has 0 radical (unpaired) electrons. The van der Waals surface area contributed by atoms with Crippen LogP contribution in [0.5, 0.6) is 17.2 Å². The molecule has 10 nitrogen and oxygen atoms in total. The van der Waals surface area contributed by atoms with Gasteiger partial charge in [-0.05, 0) is 49.2 Å². The fraction of sp³-hybridized carbons (Fsp3) is 0.290. The Morgan fingerprint density at radius 1 is 0.723 bits per heavy atom. The van der Waals surface area contributed by atoms with Crippen molar-refractivity contribution in [3.63, 3.8) is 0 Å². The smallest absolute Gasteiger partial charge is 0.416 e. The first-order valence-electron chi connectivity index (χ1n) is 13.8. The third-order valence-electron chi connectivity index (χ3n) is 6.37. The monoisotopic (exact) mass is 661 g/mol. The molecule has 4 rings (SSSR count). The Hall–Kier alpha value is -5.64. The fourth-order valence-corrected chi connectivity index (χ4v) is 4.24. The average molecular weight is 662 g/mol. The fourth-order valence-electron chi connectivity index (χ4n) is 4.24. The van der Waals surface area contributed by atoms with E-state index in [1.807, 2.05) is 0 Å². The van der Waals surface area contributed by atoms with Crippen LogP contribution in [0.2, 0.25) is 0 Å². The number of rotatable bonds is 6. The molecule has 0 amide bonds. The second-order valence-electron chi connectivity index (χ2n) is 9.73. The summed E-state index contributed by atoms with van der Waals surface area (Å²) in [6.07, 6.45) is -1.65. The maximum atomic E-state index is 12.9. The molecule has 3 aromatic rings. The molecule has 1 aliphatic carbocycles. The summed E-state index contributed by atoms with van der Waals surface area (Å²) in [5, 5.41) is 25.2. The highest BCUT2D eigenvalue weighted by molar-refractivity contribution is 5.84. The molecule has 0 bridgehead atoms. The highest BCUT2D eigenvalue weighted by Gasteiger charge is 2.32. The van der Waals surface area contributed by atoms with Gasteiger partial charge in [-0.15, -0.1) is 0 Å². The van der Waals surface area contributed by atoms with Crippen molar-refractivity contribution in [1.82, 2.24) is 16.0 Å². The van der Waals surface area contributed by atoms with E-state index >= 15 is 0 Å². The van der Waals surface area contributed by atoms with E-state index in [0.29, 0.717) is 5.75 Å². The normalized spacial score (nSPS) is 13.7. The van der Waals surface area contributed by atoms with E-state index in [0.717, 1.165) is 49.9 Å². The van der Waals surface area contributed by atoms with Gasteiger partial charge in [0.25, 0.3) is 0 Å². The van der Waals surface area contributed by atoms with Crippen LogP contribution in [-0.2, 0) is 12.4 Å². The number of para-hydroxylation sites is 1. The first kappa shape index (κ1) is 35.8. The van der Waals surface area contributed by atoms with Crippen LogP contribution in [0.15, 0.2) is 76.7 Å². The summed E-state index contributed by atoms with van der Waals surface area (Å²) in [6.45, 7) is 0. The van der Waals surface area contributed by atoms with Crippen LogP contribution in [0.4, 0.5) is 37.7 Å². The molecular weight excluding hydrogens is 632 g/mol. The molecule has 0 atom stereocenters. The maximum absolute atomic E-state index is 12.9. The lowest BCUT2D eigenvalue weighted by molar-refractivity contribution is -0.138. The van der Waals surface area contributed by atoms with Gasteiger partial charge in [-0.25, -0.2) is 10.3 Å². The van der Waals surface area contributed by atoms with E-state index in [9.17, 15) is 26.3 Å². The van der Waals surface area contributed by atoms with Crippen LogP contribution < -0.4 is 30.2 Å². The van der Waals surface area contributed by atoms with Crippen LogP contribution in [-0.4, -0.2) is 32.2 Å². The molecule has 0 unspecified atom stereocenters. The number of amidine groups is 1. The standard InChI is InChI=1S/C16H12F3N3O2.C15H17F3N4O/c1-23-14-8-11(16(17,18)19)7-12(9-14)22-15(21-10-20)24-13-5-3-2-4-6-13;1-23-13-7-10(15(16,17)18)6-12(8-13)22-14(20-9-19)21-11-4-2-3-5-11/h2-9H,1H3,(H,21,22);6-8,11H,2-5H2,1H3,(H2,20,21,22). The first-order valence-corrected chi connectivity index (χ1v) is 13.8. The second-order valence-corrected chi connectivity index (χ2v) is 9.73. The van der Waals surface area contributed by atoms with E-state index < -0.39 is 23.5 Å². The summed E-state index contributed by atoms with van der Waals surface area (Å²) in [5.41, 5.74) is -1.79. The van der Waals surface area contributed by atoms with E-state index in [-0.39, 0.29) is 40.9 Å². The Morgan fingerprint density at radius 2 is 1.23 bits per heavy atom. The summed E-state index contributed by atoms with van der Waals surface area (Å²) in [5.74, 6) is 0.550. The lowest BCUT2D eigenvalue weighted by Crippen LogP contribution is -2.40. The zero-order valence-electron chi connectivity index (χ0n) is 25.0. The van der Waals surface area contributed by atoms with Crippen molar-refractivity contribution < 1.29 is 40.6 Å². The Labute approximate surface area is 266 Å². The quantitative estimate of drug-likeness (QED) is 0.0833. The zero-order valence-corrected chi connectivity index (χ0v) is 25.0. The van der Waals surface area contributed by atoms with Crippen LogP contribution in [0, 0.1) is 22.9 Å². The van der Waals surface area contributed by atoms with Gasteiger partial charge in [-0.1, -0.05) is 31.0 Å². The van der Waals surface area contributed by atoms with Crippen LogP contribution in [0.3, 0.4) is 0 Å². The molecule has 1 aliphatic rings. The van der Waals surface area contributed by atoms with Crippen molar-refractivity contribution in [3.8, 4) is 29.6 Å².